The molecule has 0 aromatic carbocycles. The SMILES string of the molecule is CC(C)CC1CN(C(=O)c2ccco2)C(CC(C)C)CN1. The Bertz CT molecular complexity index is 440. The summed E-state index contributed by atoms with van der Waals surface area (Å²) >= 11 is 0. The molecule has 0 radical (unpaired) electrons. The lowest BCUT2D eigenvalue weighted by Gasteiger charge is -2.41. The van der Waals surface area contributed by atoms with Gasteiger partial charge in [-0.3, -0.25) is 4.79 Å². The van der Waals surface area contributed by atoms with Gasteiger partial charge >= 0.3 is 0 Å². The number of nitrogens with one attached hydrogen (secondary N) is 1. The number of nitrogens with zero attached hydrogens (tertiary/aromatic N) is 1. The van der Waals surface area contributed by atoms with Gasteiger partial charge in [-0.05, 0) is 36.8 Å². The Morgan fingerprint density at radius 2 is 2.05 bits per heavy atom. The summed E-state index contributed by atoms with van der Waals surface area (Å²) in [5.74, 6) is 1.69. The molecule has 4 heteroatoms. The van der Waals surface area contributed by atoms with Crippen molar-refractivity contribution in [1.82, 2.24) is 10.2 Å². The van der Waals surface area contributed by atoms with Crippen molar-refractivity contribution in [2.24, 2.45) is 11.8 Å². The highest BCUT2D eigenvalue weighted by atomic mass is 16.3. The van der Waals surface area contributed by atoms with Crippen LogP contribution in [0.1, 0.15) is 51.1 Å². The summed E-state index contributed by atoms with van der Waals surface area (Å²) in [6, 6.07) is 4.17. The molecule has 1 saturated heterocycles. The molecule has 2 heterocycles. The second-order valence-corrected chi connectivity index (χ2v) is 6.95. The molecule has 4 nitrogen and oxygen atoms in total. The lowest BCUT2D eigenvalue weighted by atomic mass is 9.95. The van der Waals surface area contributed by atoms with E-state index in [2.05, 4.69) is 33.0 Å². The Labute approximate surface area is 127 Å². The zero-order chi connectivity index (χ0) is 15.4. The molecule has 2 atom stereocenters. The van der Waals surface area contributed by atoms with Crippen LogP contribution in [-0.2, 0) is 0 Å². The molecule has 0 bridgehead atoms. The number of hydrogen-bond donors (Lipinski definition) is 1. The van der Waals surface area contributed by atoms with Gasteiger partial charge in [0.15, 0.2) is 5.76 Å². The minimum absolute atomic E-state index is 0.0286. The van der Waals surface area contributed by atoms with Crippen LogP contribution in [0.2, 0.25) is 0 Å². The first-order valence-electron chi connectivity index (χ1n) is 8.05. The van der Waals surface area contributed by atoms with Gasteiger partial charge in [0, 0.05) is 25.2 Å². The Balaban J connectivity index is 2.10. The minimum Gasteiger partial charge on any atom is -0.459 e. The van der Waals surface area contributed by atoms with E-state index >= 15 is 0 Å². The van der Waals surface area contributed by atoms with Gasteiger partial charge in [-0.1, -0.05) is 27.7 Å². The normalized spacial score (nSPS) is 23.0. The standard InChI is InChI=1S/C17H28N2O2/c1-12(2)8-14-11-19(15(10-18-14)9-13(3)4)17(20)16-6-5-7-21-16/h5-7,12-15,18H,8-11H2,1-4H3. The van der Waals surface area contributed by atoms with Gasteiger partial charge < -0.3 is 14.6 Å². The average Bonchev–Trinajstić information content (AvgIpc) is 2.92. The van der Waals surface area contributed by atoms with E-state index in [1.165, 1.54) is 0 Å². The van der Waals surface area contributed by atoms with E-state index in [-0.39, 0.29) is 11.9 Å². The topological polar surface area (TPSA) is 45.5 Å². The monoisotopic (exact) mass is 292 g/mol. The number of piperazine rings is 1. The fraction of sp³-hybridized carbons (Fsp3) is 0.706. The van der Waals surface area contributed by atoms with Crippen molar-refractivity contribution in [3.05, 3.63) is 24.2 Å². The lowest BCUT2D eigenvalue weighted by Crippen LogP contribution is -2.58. The van der Waals surface area contributed by atoms with Gasteiger partial charge in [-0.25, -0.2) is 0 Å². The van der Waals surface area contributed by atoms with Crippen molar-refractivity contribution < 1.29 is 9.21 Å². The van der Waals surface area contributed by atoms with Crippen LogP contribution in [0.3, 0.4) is 0 Å². The van der Waals surface area contributed by atoms with Crippen LogP contribution in [0, 0.1) is 11.8 Å². The van der Waals surface area contributed by atoms with E-state index in [1.54, 1.807) is 18.4 Å². The maximum absolute atomic E-state index is 12.7. The van der Waals surface area contributed by atoms with Gasteiger partial charge in [0.1, 0.15) is 0 Å². The third-order valence-electron chi connectivity index (χ3n) is 3.99. The van der Waals surface area contributed by atoms with E-state index in [1.807, 2.05) is 4.90 Å². The second kappa shape index (κ2) is 7.12. The molecule has 0 spiro atoms. The van der Waals surface area contributed by atoms with E-state index in [0.717, 1.165) is 25.9 Å². The van der Waals surface area contributed by atoms with Gasteiger partial charge in [0.05, 0.1) is 6.26 Å². The molecular formula is C17H28N2O2. The van der Waals surface area contributed by atoms with Crippen molar-refractivity contribution in [3.8, 4) is 0 Å². The largest absolute Gasteiger partial charge is 0.459 e. The highest BCUT2D eigenvalue weighted by Crippen LogP contribution is 2.21. The molecule has 2 rings (SSSR count). The summed E-state index contributed by atoms with van der Waals surface area (Å²) in [5, 5.41) is 3.61. The van der Waals surface area contributed by atoms with Gasteiger partial charge in [-0.15, -0.1) is 0 Å². The fourth-order valence-electron chi connectivity index (χ4n) is 3.14. The Morgan fingerprint density at radius 1 is 1.33 bits per heavy atom. The third-order valence-corrected chi connectivity index (χ3v) is 3.99. The van der Waals surface area contributed by atoms with Crippen molar-refractivity contribution in [1.29, 1.82) is 0 Å². The Kier molecular flexibility index (Phi) is 5.45. The summed E-state index contributed by atoms with van der Waals surface area (Å²) in [7, 11) is 0. The number of amides is 1. The van der Waals surface area contributed by atoms with Crippen LogP contribution in [0.25, 0.3) is 0 Å². The molecule has 1 N–H and O–H groups in total. The zero-order valence-electron chi connectivity index (χ0n) is 13.6. The summed E-state index contributed by atoms with van der Waals surface area (Å²) in [4.78, 5) is 14.7. The number of carbonyl (C=O) groups is 1. The molecule has 0 saturated carbocycles. The predicted molar refractivity (Wildman–Crippen MR) is 84.2 cm³/mol. The van der Waals surface area contributed by atoms with E-state index < -0.39 is 0 Å². The Hall–Kier alpha value is -1.29. The van der Waals surface area contributed by atoms with Crippen molar-refractivity contribution in [2.75, 3.05) is 13.1 Å². The lowest BCUT2D eigenvalue weighted by molar-refractivity contribution is 0.0507. The molecule has 1 aromatic rings. The number of furan rings is 1. The summed E-state index contributed by atoms with van der Waals surface area (Å²) in [6.45, 7) is 10.5. The minimum atomic E-state index is 0.0286. The summed E-state index contributed by atoms with van der Waals surface area (Å²) in [6.07, 6.45) is 3.68. The zero-order valence-corrected chi connectivity index (χ0v) is 13.6. The first-order valence-corrected chi connectivity index (χ1v) is 8.05. The van der Waals surface area contributed by atoms with Gasteiger partial charge in [0.2, 0.25) is 0 Å². The molecule has 1 aliphatic heterocycles. The molecular weight excluding hydrogens is 264 g/mol. The maximum Gasteiger partial charge on any atom is 0.289 e. The smallest absolute Gasteiger partial charge is 0.289 e. The maximum atomic E-state index is 12.7. The van der Waals surface area contributed by atoms with E-state index in [9.17, 15) is 4.79 Å². The van der Waals surface area contributed by atoms with E-state index in [0.29, 0.717) is 23.6 Å². The molecule has 2 unspecified atom stereocenters. The van der Waals surface area contributed by atoms with Crippen LogP contribution in [0.4, 0.5) is 0 Å². The first-order chi connectivity index (χ1) is 9.97. The fourth-order valence-corrected chi connectivity index (χ4v) is 3.14. The molecule has 118 valence electrons. The quantitative estimate of drug-likeness (QED) is 0.906. The Morgan fingerprint density at radius 3 is 2.62 bits per heavy atom. The summed E-state index contributed by atoms with van der Waals surface area (Å²) in [5.41, 5.74) is 0. The van der Waals surface area contributed by atoms with E-state index in [4.69, 9.17) is 4.42 Å². The summed E-state index contributed by atoms with van der Waals surface area (Å²) < 4.78 is 5.31. The third kappa shape index (κ3) is 4.34. The van der Waals surface area contributed by atoms with Crippen molar-refractivity contribution >= 4 is 5.91 Å². The molecule has 1 amide bonds. The number of rotatable bonds is 5. The van der Waals surface area contributed by atoms with Crippen LogP contribution < -0.4 is 5.32 Å². The molecule has 1 fully saturated rings. The molecule has 1 aliphatic rings. The highest BCUT2D eigenvalue weighted by Gasteiger charge is 2.33. The van der Waals surface area contributed by atoms with Crippen LogP contribution >= 0.6 is 0 Å². The van der Waals surface area contributed by atoms with Crippen molar-refractivity contribution in [3.63, 3.8) is 0 Å². The average molecular weight is 292 g/mol. The van der Waals surface area contributed by atoms with Crippen LogP contribution in [-0.4, -0.2) is 36.0 Å². The highest BCUT2D eigenvalue weighted by molar-refractivity contribution is 5.91. The van der Waals surface area contributed by atoms with Crippen LogP contribution in [0.5, 0.6) is 0 Å². The first kappa shape index (κ1) is 16.1. The van der Waals surface area contributed by atoms with Crippen LogP contribution in [0.15, 0.2) is 22.8 Å². The van der Waals surface area contributed by atoms with Crippen molar-refractivity contribution in [2.45, 2.75) is 52.6 Å². The predicted octanol–water partition coefficient (Wildman–Crippen LogP) is 3.15. The van der Waals surface area contributed by atoms with Gasteiger partial charge in [0.25, 0.3) is 5.91 Å². The molecule has 1 aromatic heterocycles. The molecule has 21 heavy (non-hydrogen) atoms. The van der Waals surface area contributed by atoms with Gasteiger partial charge in [-0.2, -0.15) is 0 Å². The second-order valence-electron chi connectivity index (χ2n) is 6.95. The number of hydrogen-bond acceptors (Lipinski definition) is 3. The number of carbonyl (C=O) groups excluding carboxylic acids is 1. The molecule has 0 aliphatic carbocycles.